The lowest BCUT2D eigenvalue weighted by Crippen LogP contribution is -2.40. The number of aliphatic hydroxyl groups excluding tert-OH is 1. The highest BCUT2D eigenvalue weighted by molar-refractivity contribution is 6.42. The van der Waals surface area contributed by atoms with E-state index in [4.69, 9.17) is 27.9 Å². The third-order valence-electron chi connectivity index (χ3n) is 3.40. The summed E-state index contributed by atoms with van der Waals surface area (Å²) in [5.41, 5.74) is 0.412. The van der Waals surface area contributed by atoms with Crippen LogP contribution >= 0.6 is 23.2 Å². The van der Waals surface area contributed by atoms with E-state index in [2.05, 4.69) is 0 Å². The van der Waals surface area contributed by atoms with Gasteiger partial charge in [-0.2, -0.15) is 0 Å². The average molecular weight is 275 g/mol. The Balaban J connectivity index is 2.12. The molecule has 4 heteroatoms. The summed E-state index contributed by atoms with van der Waals surface area (Å²) in [7, 11) is 0. The fraction of sp³-hybridized carbons (Fsp3) is 0.538. The summed E-state index contributed by atoms with van der Waals surface area (Å²) in [6, 6.07) is 5.47. The van der Waals surface area contributed by atoms with Crippen LogP contribution in [0.3, 0.4) is 0 Å². The molecule has 0 aliphatic carbocycles. The van der Waals surface area contributed by atoms with E-state index in [1.54, 1.807) is 6.07 Å². The van der Waals surface area contributed by atoms with Gasteiger partial charge in [0.25, 0.3) is 0 Å². The van der Waals surface area contributed by atoms with Crippen molar-refractivity contribution >= 4 is 23.2 Å². The van der Waals surface area contributed by atoms with Gasteiger partial charge < -0.3 is 9.84 Å². The van der Waals surface area contributed by atoms with Gasteiger partial charge in [0.1, 0.15) is 0 Å². The van der Waals surface area contributed by atoms with Gasteiger partial charge in [-0.15, -0.1) is 0 Å². The summed E-state index contributed by atoms with van der Waals surface area (Å²) in [5, 5.41) is 11.3. The highest BCUT2D eigenvalue weighted by Crippen LogP contribution is 2.33. The molecule has 0 spiro atoms. The Labute approximate surface area is 111 Å². The first-order valence-electron chi connectivity index (χ1n) is 5.78. The molecule has 2 unspecified atom stereocenters. The van der Waals surface area contributed by atoms with Crippen molar-refractivity contribution in [3.8, 4) is 0 Å². The van der Waals surface area contributed by atoms with Crippen LogP contribution in [0.15, 0.2) is 18.2 Å². The zero-order valence-corrected chi connectivity index (χ0v) is 11.3. The minimum absolute atomic E-state index is 0.453. The molecular weight excluding hydrogens is 259 g/mol. The number of rotatable bonds is 3. The largest absolute Gasteiger partial charge is 0.390 e. The summed E-state index contributed by atoms with van der Waals surface area (Å²) in [6.45, 7) is 2.67. The molecule has 1 saturated heterocycles. The van der Waals surface area contributed by atoms with Crippen LogP contribution in [0.25, 0.3) is 0 Å². The molecular formula is C13H16Cl2O2. The number of halogens is 2. The van der Waals surface area contributed by atoms with Crippen LogP contribution in [0.5, 0.6) is 0 Å². The van der Waals surface area contributed by atoms with Gasteiger partial charge in [0, 0.05) is 13.0 Å². The molecule has 0 bridgehead atoms. The van der Waals surface area contributed by atoms with Crippen LogP contribution in [-0.2, 0) is 11.2 Å². The maximum atomic E-state index is 10.3. The standard InChI is InChI=1S/C13H16Cl2O2/c1-13(6-3-7-17-13)11(16)8-9-4-2-5-10(14)12(9)15/h2,4-5,11,16H,3,6-8H2,1H3. The third-order valence-corrected chi connectivity index (χ3v) is 4.26. The molecule has 94 valence electrons. The Kier molecular flexibility index (Phi) is 3.99. The van der Waals surface area contributed by atoms with Gasteiger partial charge in [-0.3, -0.25) is 0 Å². The number of aliphatic hydroxyl groups is 1. The molecule has 0 aromatic heterocycles. The van der Waals surface area contributed by atoms with E-state index in [0.717, 1.165) is 25.0 Å². The summed E-state index contributed by atoms with van der Waals surface area (Å²) < 4.78 is 5.62. The maximum absolute atomic E-state index is 10.3. The molecule has 2 rings (SSSR count). The van der Waals surface area contributed by atoms with Gasteiger partial charge in [-0.1, -0.05) is 35.3 Å². The van der Waals surface area contributed by atoms with E-state index in [1.165, 1.54) is 0 Å². The fourth-order valence-corrected chi connectivity index (χ4v) is 2.59. The second-order valence-electron chi connectivity index (χ2n) is 4.70. The predicted octanol–water partition coefficient (Wildman–Crippen LogP) is 3.47. The van der Waals surface area contributed by atoms with E-state index < -0.39 is 11.7 Å². The Morgan fingerprint density at radius 1 is 1.47 bits per heavy atom. The van der Waals surface area contributed by atoms with Gasteiger partial charge in [0.05, 0.1) is 21.8 Å². The zero-order valence-electron chi connectivity index (χ0n) is 9.75. The normalized spacial score (nSPS) is 26.1. The Morgan fingerprint density at radius 2 is 2.24 bits per heavy atom. The molecule has 0 radical (unpaired) electrons. The predicted molar refractivity (Wildman–Crippen MR) is 69.8 cm³/mol. The number of benzene rings is 1. The second-order valence-corrected chi connectivity index (χ2v) is 5.48. The van der Waals surface area contributed by atoms with Gasteiger partial charge in [-0.05, 0) is 31.4 Å². The van der Waals surface area contributed by atoms with Gasteiger partial charge in [0.2, 0.25) is 0 Å². The van der Waals surface area contributed by atoms with Crippen LogP contribution in [0.4, 0.5) is 0 Å². The minimum atomic E-state index is -0.555. The fourth-order valence-electron chi connectivity index (χ4n) is 2.19. The minimum Gasteiger partial charge on any atom is -0.390 e. The SMILES string of the molecule is CC1(C(O)Cc2cccc(Cl)c2Cl)CCCO1. The maximum Gasteiger partial charge on any atom is 0.0916 e. The highest BCUT2D eigenvalue weighted by Gasteiger charge is 2.37. The first-order valence-corrected chi connectivity index (χ1v) is 6.53. The first kappa shape index (κ1) is 13.2. The lowest BCUT2D eigenvalue weighted by molar-refractivity contribution is -0.0768. The van der Waals surface area contributed by atoms with Crippen molar-refractivity contribution in [2.24, 2.45) is 0 Å². The molecule has 0 amide bonds. The van der Waals surface area contributed by atoms with Gasteiger partial charge in [0.15, 0.2) is 0 Å². The molecule has 2 atom stereocenters. The summed E-state index contributed by atoms with van der Waals surface area (Å²) in [4.78, 5) is 0. The van der Waals surface area contributed by atoms with Crippen molar-refractivity contribution in [1.82, 2.24) is 0 Å². The summed E-state index contributed by atoms with van der Waals surface area (Å²) in [6.07, 6.45) is 1.79. The number of ether oxygens (including phenoxy) is 1. The molecule has 1 fully saturated rings. The quantitative estimate of drug-likeness (QED) is 0.915. The van der Waals surface area contributed by atoms with Gasteiger partial charge >= 0.3 is 0 Å². The van der Waals surface area contributed by atoms with Crippen LogP contribution in [0.2, 0.25) is 10.0 Å². The van der Waals surface area contributed by atoms with E-state index >= 15 is 0 Å². The molecule has 17 heavy (non-hydrogen) atoms. The van der Waals surface area contributed by atoms with E-state index in [-0.39, 0.29) is 0 Å². The van der Waals surface area contributed by atoms with Crippen molar-refractivity contribution in [3.05, 3.63) is 33.8 Å². The second kappa shape index (κ2) is 5.15. The highest BCUT2D eigenvalue weighted by atomic mass is 35.5. The van der Waals surface area contributed by atoms with E-state index in [9.17, 15) is 5.11 Å². The molecule has 1 aromatic carbocycles. The zero-order chi connectivity index (χ0) is 12.5. The monoisotopic (exact) mass is 274 g/mol. The Bertz CT molecular complexity index is 400. The molecule has 1 aromatic rings. The van der Waals surface area contributed by atoms with Crippen molar-refractivity contribution in [1.29, 1.82) is 0 Å². The number of hydrogen-bond donors (Lipinski definition) is 1. The topological polar surface area (TPSA) is 29.5 Å². The van der Waals surface area contributed by atoms with Crippen molar-refractivity contribution in [2.75, 3.05) is 6.61 Å². The van der Waals surface area contributed by atoms with Crippen LogP contribution in [0.1, 0.15) is 25.3 Å². The third kappa shape index (κ3) is 2.76. The van der Waals surface area contributed by atoms with Crippen molar-refractivity contribution in [2.45, 2.75) is 37.9 Å². The van der Waals surface area contributed by atoms with Crippen LogP contribution < -0.4 is 0 Å². The van der Waals surface area contributed by atoms with Crippen LogP contribution in [0, 0.1) is 0 Å². The molecule has 2 nitrogen and oxygen atoms in total. The molecule has 1 heterocycles. The van der Waals surface area contributed by atoms with E-state index in [0.29, 0.717) is 16.5 Å². The Hall–Kier alpha value is -0.280. The molecule has 1 aliphatic heterocycles. The van der Waals surface area contributed by atoms with Gasteiger partial charge in [-0.25, -0.2) is 0 Å². The molecule has 0 saturated carbocycles. The number of hydrogen-bond acceptors (Lipinski definition) is 2. The van der Waals surface area contributed by atoms with Crippen molar-refractivity contribution in [3.63, 3.8) is 0 Å². The lowest BCUT2D eigenvalue weighted by Gasteiger charge is -2.29. The first-order chi connectivity index (χ1) is 8.03. The summed E-state index contributed by atoms with van der Waals surface area (Å²) >= 11 is 12.1. The Morgan fingerprint density at radius 3 is 2.88 bits per heavy atom. The molecule has 1 N–H and O–H groups in total. The summed E-state index contributed by atoms with van der Waals surface area (Å²) in [5.74, 6) is 0. The van der Waals surface area contributed by atoms with E-state index in [1.807, 2.05) is 19.1 Å². The lowest BCUT2D eigenvalue weighted by atomic mass is 9.91. The van der Waals surface area contributed by atoms with Crippen molar-refractivity contribution < 1.29 is 9.84 Å². The average Bonchev–Trinajstić information content (AvgIpc) is 2.73. The smallest absolute Gasteiger partial charge is 0.0916 e. The van der Waals surface area contributed by atoms with Crippen LogP contribution in [-0.4, -0.2) is 23.4 Å². The molecule has 1 aliphatic rings.